The molecule has 0 spiro atoms. The second-order valence-corrected chi connectivity index (χ2v) is 9.38. The summed E-state index contributed by atoms with van der Waals surface area (Å²) in [4.78, 5) is 0. The van der Waals surface area contributed by atoms with Gasteiger partial charge in [-0.15, -0.1) is 0 Å². The summed E-state index contributed by atoms with van der Waals surface area (Å²) in [5, 5.41) is 0. The Bertz CT molecular complexity index is 468. The first-order valence-electron chi connectivity index (χ1n) is 6.90. The van der Waals surface area contributed by atoms with Crippen LogP contribution in [-0.2, 0) is 32.7 Å². The first kappa shape index (κ1) is 19.1. The zero-order chi connectivity index (χ0) is 16.3. The first-order valence-corrected chi connectivity index (χ1v) is 10.2. The molecule has 126 valence electrons. The molecule has 0 aromatic heterocycles. The summed E-state index contributed by atoms with van der Waals surface area (Å²) in [6.45, 7) is 6.99. The third kappa shape index (κ3) is 6.76. The number of hydrogen-bond acceptors (Lipinski definition) is 7. The molecule has 0 saturated heterocycles. The molecule has 21 heavy (non-hydrogen) atoms. The lowest BCUT2D eigenvalue weighted by atomic mass is 10.4. The van der Waals surface area contributed by atoms with Gasteiger partial charge in [0, 0.05) is 0 Å². The molecule has 0 atom stereocenters. The van der Waals surface area contributed by atoms with Crippen molar-refractivity contribution < 1.29 is 31.0 Å². The third-order valence-corrected chi connectivity index (χ3v) is 6.09. The van der Waals surface area contributed by atoms with Crippen LogP contribution < -0.4 is 0 Å². The molecule has 0 heterocycles. The van der Waals surface area contributed by atoms with Gasteiger partial charge in [-0.2, -0.15) is 8.42 Å². The van der Waals surface area contributed by atoms with Gasteiger partial charge in [0.05, 0.1) is 24.9 Å². The van der Waals surface area contributed by atoms with Crippen molar-refractivity contribution in [2.45, 2.75) is 58.3 Å². The Balaban J connectivity index is 2.67. The summed E-state index contributed by atoms with van der Waals surface area (Å²) in [5.41, 5.74) is -0.828. The smallest absolute Gasteiger partial charge is 0.356 e. The second kappa shape index (κ2) is 7.06. The summed E-state index contributed by atoms with van der Waals surface area (Å²) in [7, 11) is -5.93. The lowest BCUT2D eigenvalue weighted by molar-refractivity contribution is 0.0490. The second-order valence-electron chi connectivity index (χ2n) is 5.74. The molecule has 0 aliphatic heterocycles. The predicted molar refractivity (Wildman–Crippen MR) is 78.8 cm³/mol. The van der Waals surface area contributed by atoms with E-state index in [1.807, 2.05) is 0 Å². The molecule has 0 amide bonds. The summed E-state index contributed by atoms with van der Waals surface area (Å²) in [6, 6.07) is 0. The Morgan fingerprint density at radius 2 is 1.57 bits per heavy atom. The van der Waals surface area contributed by atoms with Gasteiger partial charge < -0.3 is 13.8 Å². The van der Waals surface area contributed by atoms with E-state index >= 15 is 0 Å². The van der Waals surface area contributed by atoms with E-state index in [-0.39, 0.29) is 24.3 Å². The average molecular weight is 344 g/mol. The van der Waals surface area contributed by atoms with Gasteiger partial charge in [0.1, 0.15) is 12.1 Å². The van der Waals surface area contributed by atoms with Crippen molar-refractivity contribution in [3.8, 4) is 0 Å². The maximum Gasteiger partial charge on any atom is 0.356 e. The average Bonchev–Trinajstić information content (AvgIpc) is 3.04. The molecule has 0 unspecified atom stereocenters. The van der Waals surface area contributed by atoms with Gasteiger partial charge in [-0.25, -0.2) is 0 Å². The van der Waals surface area contributed by atoms with Gasteiger partial charge >= 0.3 is 7.60 Å². The standard InChI is InChI=1S/C12H25O7PS/c1-10(2)18-20(13,19-11(3)4)9-17-12(6-7-12)8-21(14,15)16-5/h10-11H,6-9H2,1-5H3. The highest BCUT2D eigenvalue weighted by Gasteiger charge is 2.49. The van der Waals surface area contributed by atoms with E-state index in [1.54, 1.807) is 27.7 Å². The predicted octanol–water partition coefficient (Wildman–Crippen LogP) is 2.51. The number of rotatable bonds is 10. The molecule has 1 saturated carbocycles. The quantitative estimate of drug-likeness (QED) is 0.444. The van der Waals surface area contributed by atoms with Crippen LogP contribution in [0.15, 0.2) is 0 Å². The summed E-state index contributed by atoms with van der Waals surface area (Å²) in [6.07, 6.45) is 0.340. The summed E-state index contributed by atoms with van der Waals surface area (Å²) < 4.78 is 56.3. The van der Waals surface area contributed by atoms with Crippen LogP contribution >= 0.6 is 7.60 Å². The Labute approximate surface area is 126 Å². The Morgan fingerprint density at radius 3 is 1.90 bits per heavy atom. The topological polar surface area (TPSA) is 88.1 Å². The molecule has 0 radical (unpaired) electrons. The fourth-order valence-corrected chi connectivity index (χ4v) is 4.82. The van der Waals surface area contributed by atoms with Crippen LogP contribution in [0.5, 0.6) is 0 Å². The van der Waals surface area contributed by atoms with Crippen molar-refractivity contribution >= 4 is 17.7 Å². The van der Waals surface area contributed by atoms with Crippen LogP contribution in [0.4, 0.5) is 0 Å². The van der Waals surface area contributed by atoms with Gasteiger partial charge in [-0.05, 0) is 40.5 Å². The largest absolute Gasteiger partial charge is 0.361 e. The Hall–Kier alpha value is 0.0200. The summed E-state index contributed by atoms with van der Waals surface area (Å²) in [5.74, 6) is -0.250. The van der Waals surface area contributed by atoms with Crippen LogP contribution in [0, 0.1) is 0 Å². The SMILES string of the molecule is COS(=O)(=O)CC1(OCP(=O)(OC(C)C)OC(C)C)CC1. The van der Waals surface area contributed by atoms with Gasteiger partial charge in [0.2, 0.25) is 0 Å². The molecule has 0 aromatic rings. The highest BCUT2D eigenvalue weighted by Crippen LogP contribution is 2.53. The van der Waals surface area contributed by atoms with E-state index in [0.717, 1.165) is 7.11 Å². The van der Waals surface area contributed by atoms with Crippen molar-refractivity contribution in [3.63, 3.8) is 0 Å². The van der Waals surface area contributed by atoms with Gasteiger partial charge in [0.15, 0.2) is 0 Å². The number of ether oxygens (including phenoxy) is 1. The van der Waals surface area contributed by atoms with Crippen molar-refractivity contribution in [1.82, 2.24) is 0 Å². The maximum atomic E-state index is 12.6. The van der Waals surface area contributed by atoms with Crippen LogP contribution in [0.2, 0.25) is 0 Å². The molecule has 1 aliphatic carbocycles. The fourth-order valence-electron chi connectivity index (χ4n) is 1.79. The van der Waals surface area contributed by atoms with E-state index < -0.39 is 23.3 Å². The number of hydrogen-bond donors (Lipinski definition) is 0. The molecule has 7 nitrogen and oxygen atoms in total. The first-order chi connectivity index (χ1) is 9.51. The van der Waals surface area contributed by atoms with E-state index in [1.165, 1.54) is 0 Å². The van der Waals surface area contributed by atoms with E-state index in [2.05, 4.69) is 4.18 Å². The lowest BCUT2D eigenvalue weighted by Crippen LogP contribution is -2.27. The minimum atomic E-state index is -3.62. The summed E-state index contributed by atoms with van der Waals surface area (Å²) >= 11 is 0. The van der Waals surface area contributed by atoms with Crippen LogP contribution in [-0.4, -0.2) is 45.4 Å². The maximum absolute atomic E-state index is 12.6. The van der Waals surface area contributed by atoms with Crippen LogP contribution in [0.1, 0.15) is 40.5 Å². The van der Waals surface area contributed by atoms with E-state index in [4.69, 9.17) is 13.8 Å². The van der Waals surface area contributed by atoms with Crippen molar-refractivity contribution in [3.05, 3.63) is 0 Å². The molecular formula is C12H25O7PS. The van der Waals surface area contributed by atoms with Crippen LogP contribution in [0.25, 0.3) is 0 Å². The molecule has 1 aliphatic rings. The fraction of sp³-hybridized carbons (Fsp3) is 1.00. The Morgan fingerprint density at radius 1 is 1.10 bits per heavy atom. The van der Waals surface area contributed by atoms with E-state index in [0.29, 0.717) is 12.8 Å². The van der Waals surface area contributed by atoms with Crippen LogP contribution in [0.3, 0.4) is 0 Å². The normalized spacial score (nSPS) is 18.4. The lowest BCUT2D eigenvalue weighted by Gasteiger charge is -2.25. The zero-order valence-electron chi connectivity index (χ0n) is 13.2. The Kier molecular flexibility index (Phi) is 6.41. The van der Waals surface area contributed by atoms with Gasteiger partial charge in [-0.1, -0.05) is 0 Å². The van der Waals surface area contributed by atoms with E-state index in [9.17, 15) is 13.0 Å². The molecular weight excluding hydrogens is 319 g/mol. The molecule has 1 rings (SSSR count). The monoisotopic (exact) mass is 344 g/mol. The molecule has 0 aromatic carbocycles. The minimum Gasteiger partial charge on any atom is -0.361 e. The van der Waals surface area contributed by atoms with Gasteiger partial charge in [-0.3, -0.25) is 8.75 Å². The van der Waals surface area contributed by atoms with Gasteiger partial charge in [0.25, 0.3) is 10.1 Å². The van der Waals surface area contributed by atoms with Crippen molar-refractivity contribution in [1.29, 1.82) is 0 Å². The molecule has 0 N–H and O–H groups in total. The highest BCUT2D eigenvalue weighted by atomic mass is 32.2. The molecule has 9 heteroatoms. The minimum absolute atomic E-state index is 0.250. The van der Waals surface area contributed by atoms with Crippen molar-refractivity contribution in [2.24, 2.45) is 0 Å². The zero-order valence-corrected chi connectivity index (χ0v) is 14.9. The van der Waals surface area contributed by atoms with Crippen molar-refractivity contribution in [2.75, 3.05) is 19.2 Å². The molecule has 0 bridgehead atoms. The highest BCUT2D eigenvalue weighted by molar-refractivity contribution is 7.86. The third-order valence-electron chi connectivity index (χ3n) is 2.77. The molecule has 1 fully saturated rings.